The largest absolute Gasteiger partial charge is 0.451 e. The highest BCUT2D eigenvalue weighted by molar-refractivity contribution is 6.29. The molecule has 0 spiro atoms. The third-order valence-electron chi connectivity index (χ3n) is 1.52. The van der Waals surface area contributed by atoms with E-state index in [2.05, 4.69) is 21.2 Å². The van der Waals surface area contributed by atoms with E-state index in [0.717, 1.165) is 0 Å². The van der Waals surface area contributed by atoms with Gasteiger partial charge in [-0.15, -0.1) is 12.3 Å². The molecule has 16 heavy (non-hydrogen) atoms. The summed E-state index contributed by atoms with van der Waals surface area (Å²) in [5.74, 6) is 1.06. The second-order valence-electron chi connectivity index (χ2n) is 2.78. The monoisotopic (exact) mass is 249 g/mol. The highest BCUT2D eigenvalue weighted by Gasteiger charge is 2.35. The molecule has 1 rings (SSSR count). The number of hydrogen-bond acceptors (Lipinski definition) is 3. The van der Waals surface area contributed by atoms with Gasteiger partial charge in [0.25, 0.3) is 0 Å². The predicted octanol–water partition coefficient (Wildman–Crippen LogP) is 2.58. The maximum atomic E-state index is 12.3. The van der Waals surface area contributed by atoms with Gasteiger partial charge >= 0.3 is 6.18 Å². The maximum absolute atomic E-state index is 12.3. The van der Waals surface area contributed by atoms with Crippen molar-refractivity contribution in [3.63, 3.8) is 0 Å². The van der Waals surface area contributed by atoms with Crippen molar-refractivity contribution < 1.29 is 13.2 Å². The van der Waals surface area contributed by atoms with Crippen LogP contribution in [0, 0.1) is 12.3 Å². The summed E-state index contributed by atoms with van der Waals surface area (Å²) in [5, 5.41) is 2.35. The number of nitrogens with one attached hydrogen (secondary N) is 1. The molecule has 0 unspecified atom stereocenters. The second-order valence-corrected chi connectivity index (χ2v) is 3.17. The smallest absolute Gasteiger partial charge is 0.369 e. The van der Waals surface area contributed by atoms with E-state index in [1.807, 2.05) is 0 Å². The molecule has 0 atom stereocenters. The van der Waals surface area contributed by atoms with Gasteiger partial charge in [-0.2, -0.15) is 13.2 Å². The van der Waals surface area contributed by atoms with E-state index < -0.39 is 12.0 Å². The van der Waals surface area contributed by atoms with Crippen LogP contribution in [-0.2, 0) is 6.18 Å². The van der Waals surface area contributed by atoms with Crippen molar-refractivity contribution in [3.8, 4) is 12.3 Å². The van der Waals surface area contributed by atoms with Crippen LogP contribution in [0.1, 0.15) is 12.2 Å². The Bertz CT molecular complexity index is 411. The minimum absolute atomic E-state index is 0.00238. The number of terminal acetylenes is 1. The first kappa shape index (κ1) is 12.6. The number of halogens is 4. The van der Waals surface area contributed by atoms with Gasteiger partial charge in [-0.3, -0.25) is 0 Å². The first-order chi connectivity index (χ1) is 7.43. The number of anilines is 1. The Balaban J connectivity index is 2.87. The van der Waals surface area contributed by atoms with Crippen LogP contribution < -0.4 is 5.32 Å². The summed E-state index contributed by atoms with van der Waals surface area (Å²) < 4.78 is 36.9. The van der Waals surface area contributed by atoms with E-state index in [1.54, 1.807) is 0 Å². The molecule has 0 aliphatic heterocycles. The van der Waals surface area contributed by atoms with Gasteiger partial charge in [0.1, 0.15) is 11.0 Å². The molecule has 0 amide bonds. The van der Waals surface area contributed by atoms with Crippen LogP contribution >= 0.6 is 11.6 Å². The molecule has 0 radical (unpaired) electrons. The summed E-state index contributed by atoms with van der Waals surface area (Å²) in [5.41, 5.74) is 0. The summed E-state index contributed by atoms with van der Waals surface area (Å²) in [6.45, 7) is 0.321. The van der Waals surface area contributed by atoms with Crippen molar-refractivity contribution in [2.24, 2.45) is 0 Å². The fraction of sp³-hybridized carbons (Fsp3) is 0.333. The van der Waals surface area contributed by atoms with E-state index in [0.29, 0.717) is 13.0 Å². The Hall–Kier alpha value is -1.48. The molecule has 3 nitrogen and oxygen atoms in total. The van der Waals surface area contributed by atoms with Crippen LogP contribution in [-0.4, -0.2) is 16.5 Å². The third-order valence-corrected chi connectivity index (χ3v) is 1.72. The molecule has 0 aromatic carbocycles. The molecule has 0 aliphatic carbocycles. The summed E-state index contributed by atoms with van der Waals surface area (Å²) >= 11 is 5.44. The van der Waals surface area contributed by atoms with Crippen molar-refractivity contribution in [2.75, 3.05) is 11.9 Å². The number of nitrogens with zero attached hydrogens (tertiary/aromatic N) is 2. The van der Waals surface area contributed by atoms with Crippen LogP contribution in [0.4, 0.5) is 19.0 Å². The lowest BCUT2D eigenvalue weighted by Crippen LogP contribution is -2.13. The molecular formula is C9H7ClF3N3. The minimum atomic E-state index is -4.62. The van der Waals surface area contributed by atoms with Gasteiger partial charge in [0.15, 0.2) is 0 Å². The highest BCUT2D eigenvalue weighted by Crippen LogP contribution is 2.28. The summed E-state index contributed by atoms with van der Waals surface area (Å²) in [4.78, 5) is 6.36. The number of alkyl halides is 3. The second kappa shape index (κ2) is 5.03. The third kappa shape index (κ3) is 3.59. The molecular weight excluding hydrogens is 243 g/mol. The van der Waals surface area contributed by atoms with E-state index in [-0.39, 0.29) is 11.0 Å². The van der Waals surface area contributed by atoms with Crippen molar-refractivity contribution in [2.45, 2.75) is 12.6 Å². The zero-order valence-electron chi connectivity index (χ0n) is 7.98. The van der Waals surface area contributed by atoms with Crippen LogP contribution in [0.2, 0.25) is 5.15 Å². The van der Waals surface area contributed by atoms with E-state index in [1.165, 1.54) is 6.07 Å². The average Bonchev–Trinajstić information content (AvgIpc) is 2.16. The average molecular weight is 250 g/mol. The van der Waals surface area contributed by atoms with Crippen molar-refractivity contribution >= 4 is 17.4 Å². The van der Waals surface area contributed by atoms with Crippen molar-refractivity contribution in [1.29, 1.82) is 0 Å². The molecule has 0 fully saturated rings. The minimum Gasteiger partial charge on any atom is -0.369 e. The Morgan fingerprint density at radius 1 is 1.44 bits per heavy atom. The normalized spacial score (nSPS) is 10.9. The lowest BCUT2D eigenvalue weighted by Gasteiger charge is -2.08. The lowest BCUT2D eigenvalue weighted by atomic mass is 10.4. The predicted molar refractivity (Wildman–Crippen MR) is 54.0 cm³/mol. The van der Waals surface area contributed by atoms with Gasteiger partial charge in [-0.1, -0.05) is 11.6 Å². The fourth-order valence-electron chi connectivity index (χ4n) is 0.898. The highest BCUT2D eigenvalue weighted by atomic mass is 35.5. The maximum Gasteiger partial charge on any atom is 0.451 e. The van der Waals surface area contributed by atoms with Gasteiger partial charge in [-0.25, -0.2) is 9.97 Å². The Labute approximate surface area is 95.0 Å². The molecule has 0 saturated carbocycles. The van der Waals surface area contributed by atoms with Crippen LogP contribution in [0.3, 0.4) is 0 Å². The first-order valence-electron chi connectivity index (χ1n) is 4.22. The molecule has 7 heteroatoms. The Kier molecular flexibility index (Phi) is 3.96. The molecule has 0 bridgehead atoms. The zero-order chi connectivity index (χ0) is 12.2. The van der Waals surface area contributed by atoms with Gasteiger partial charge in [-0.05, 0) is 0 Å². The Morgan fingerprint density at radius 3 is 2.69 bits per heavy atom. The van der Waals surface area contributed by atoms with E-state index in [9.17, 15) is 13.2 Å². The molecule has 1 N–H and O–H groups in total. The molecule has 1 heterocycles. The van der Waals surface area contributed by atoms with Gasteiger partial charge in [0.05, 0.1) is 0 Å². The Morgan fingerprint density at radius 2 is 2.12 bits per heavy atom. The van der Waals surface area contributed by atoms with E-state index >= 15 is 0 Å². The molecule has 0 saturated heterocycles. The number of aromatic nitrogens is 2. The van der Waals surface area contributed by atoms with Gasteiger partial charge < -0.3 is 5.32 Å². The molecule has 0 aliphatic rings. The van der Waals surface area contributed by atoms with Crippen molar-refractivity contribution in [1.82, 2.24) is 9.97 Å². The quantitative estimate of drug-likeness (QED) is 0.508. The molecule has 86 valence electrons. The van der Waals surface area contributed by atoms with Crippen molar-refractivity contribution in [3.05, 3.63) is 17.0 Å². The SMILES string of the molecule is C#CCCNc1cc(Cl)nc(C(F)(F)F)n1. The van der Waals surface area contributed by atoms with Gasteiger partial charge in [0.2, 0.25) is 5.82 Å². The van der Waals surface area contributed by atoms with Crippen LogP contribution in [0.5, 0.6) is 0 Å². The zero-order valence-corrected chi connectivity index (χ0v) is 8.73. The topological polar surface area (TPSA) is 37.8 Å². The first-order valence-corrected chi connectivity index (χ1v) is 4.60. The number of rotatable bonds is 3. The van der Waals surface area contributed by atoms with Gasteiger partial charge in [0, 0.05) is 19.0 Å². The molecule has 1 aromatic rings. The standard InChI is InChI=1S/C9H7ClF3N3/c1-2-3-4-14-7-5-6(10)15-8(16-7)9(11,12)13/h1,5H,3-4H2,(H,14,15,16). The lowest BCUT2D eigenvalue weighted by molar-refractivity contribution is -0.144. The summed E-state index contributed by atoms with van der Waals surface area (Å²) in [6.07, 6.45) is 0.753. The molecule has 1 aromatic heterocycles. The number of hydrogen-bond donors (Lipinski definition) is 1. The summed E-state index contributed by atoms with van der Waals surface area (Å²) in [6, 6.07) is 1.20. The van der Waals surface area contributed by atoms with Crippen LogP contribution in [0.15, 0.2) is 6.07 Å². The van der Waals surface area contributed by atoms with Crippen LogP contribution in [0.25, 0.3) is 0 Å². The fourth-order valence-corrected chi connectivity index (χ4v) is 1.08. The summed E-state index contributed by atoms with van der Waals surface area (Å²) in [7, 11) is 0. The van der Waals surface area contributed by atoms with E-state index in [4.69, 9.17) is 18.0 Å².